The van der Waals surface area contributed by atoms with Crippen molar-refractivity contribution in [3.8, 4) is 22.2 Å². The number of aliphatic hydroxyl groups is 1. The maximum absolute atomic E-state index is 14.5. The molecule has 3 heterocycles. The minimum atomic E-state index is -5.33. The zero-order valence-corrected chi connectivity index (χ0v) is 22.3. The van der Waals surface area contributed by atoms with E-state index in [-0.39, 0.29) is 34.7 Å². The summed E-state index contributed by atoms with van der Waals surface area (Å²) >= 11 is 1.14. The molecule has 1 aliphatic heterocycles. The van der Waals surface area contributed by atoms with Gasteiger partial charge in [0.25, 0.3) is 11.1 Å². The van der Waals surface area contributed by atoms with Crippen molar-refractivity contribution < 1.29 is 41.7 Å². The third kappa shape index (κ3) is 4.82. The van der Waals surface area contributed by atoms with Gasteiger partial charge in [-0.05, 0) is 55.5 Å². The molecule has 0 saturated carbocycles. The summed E-state index contributed by atoms with van der Waals surface area (Å²) in [7, 11) is 1.43. The molecular weight excluding hydrogens is 568 g/mol. The van der Waals surface area contributed by atoms with Crippen LogP contribution in [0.15, 0.2) is 48.5 Å². The second-order valence-electron chi connectivity index (χ2n) is 9.63. The molecule has 2 atom stereocenters. The summed E-state index contributed by atoms with van der Waals surface area (Å²) < 4.78 is 68.5. The molecule has 4 aromatic rings. The Bertz CT molecular complexity index is 1680. The van der Waals surface area contributed by atoms with Crippen molar-refractivity contribution in [2.24, 2.45) is 5.73 Å². The lowest BCUT2D eigenvalue weighted by atomic mass is 9.81. The van der Waals surface area contributed by atoms with Crippen LogP contribution in [-0.4, -0.2) is 53.3 Å². The van der Waals surface area contributed by atoms with Crippen molar-refractivity contribution >= 4 is 33.4 Å². The summed E-state index contributed by atoms with van der Waals surface area (Å²) in [5.74, 6) is -2.40. The highest BCUT2D eigenvalue weighted by Crippen LogP contribution is 2.47. The average molecular weight is 591 g/mol. The van der Waals surface area contributed by atoms with Crippen molar-refractivity contribution in [3.05, 3.63) is 71.2 Å². The van der Waals surface area contributed by atoms with Crippen molar-refractivity contribution in [3.63, 3.8) is 0 Å². The first-order chi connectivity index (χ1) is 19.3. The van der Waals surface area contributed by atoms with Gasteiger partial charge in [0.2, 0.25) is 11.5 Å². The topological polar surface area (TPSA) is 137 Å². The highest BCUT2D eigenvalue weighted by Gasteiger charge is 2.57. The van der Waals surface area contributed by atoms with Crippen molar-refractivity contribution in [2.45, 2.75) is 24.1 Å². The van der Waals surface area contributed by atoms with E-state index in [1.54, 1.807) is 0 Å². The Morgan fingerprint density at radius 3 is 2.51 bits per heavy atom. The summed E-state index contributed by atoms with van der Waals surface area (Å²) in [6.45, 7) is -0.219. The molecule has 0 aliphatic carbocycles. The summed E-state index contributed by atoms with van der Waals surface area (Å²) in [5.41, 5.74) is -0.0732. The lowest BCUT2D eigenvalue weighted by Gasteiger charge is -2.31. The van der Waals surface area contributed by atoms with Gasteiger partial charge in [0, 0.05) is 16.7 Å². The molecule has 0 radical (unpaired) electrons. The standard InChI is InChI=1S/C27H22F4N4O5S/c1-25(23(32)37)12-40-21-16(25)10-19(35-20(21)13-3-6-15(28)7-4-13)26(38,27(29,30)31)11-33-22(36)14-5-8-17-18(9-14)41-24(34-17)39-2/h3-10,38H,11-12H2,1-2H3,(H2,32,37)(H,33,36)/t25-,26-/m0/s1. The first-order valence-electron chi connectivity index (χ1n) is 12.0. The van der Waals surface area contributed by atoms with E-state index in [4.69, 9.17) is 15.2 Å². The average Bonchev–Trinajstić information content (AvgIpc) is 3.52. The van der Waals surface area contributed by atoms with E-state index in [1.807, 2.05) is 0 Å². The molecule has 0 saturated heterocycles. The van der Waals surface area contributed by atoms with Crippen LogP contribution in [0.25, 0.3) is 21.5 Å². The fourth-order valence-electron chi connectivity index (χ4n) is 4.38. The number of carbonyl (C=O) groups excluding carboxylic acids is 2. The number of nitrogens with one attached hydrogen (secondary N) is 1. The maximum atomic E-state index is 14.5. The zero-order valence-electron chi connectivity index (χ0n) is 21.5. The number of carbonyl (C=O) groups is 2. The maximum Gasteiger partial charge on any atom is 0.424 e. The third-order valence-electron chi connectivity index (χ3n) is 6.94. The van der Waals surface area contributed by atoms with Crippen molar-refractivity contribution in [1.29, 1.82) is 0 Å². The highest BCUT2D eigenvalue weighted by atomic mass is 32.1. The number of aromatic nitrogens is 2. The molecule has 14 heteroatoms. The largest absolute Gasteiger partial charge is 0.489 e. The predicted molar refractivity (Wildman–Crippen MR) is 140 cm³/mol. The molecule has 0 fully saturated rings. The van der Waals surface area contributed by atoms with Gasteiger partial charge in [-0.3, -0.25) is 9.59 Å². The zero-order chi connectivity index (χ0) is 29.7. The van der Waals surface area contributed by atoms with Crippen LogP contribution in [-0.2, 0) is 15.8 Å². The Kier molecular flexibility index (Phi) is 6.86. The Morgan fingerprint density at radius 1 is 1.17 bits per heavy atom. The van der Waals surface area contributed by atoms with Crippen LogP contribution in [0.3, 0.4) is 0 Å². The predicted octanol–water partition coefficient (Wildman–Crippen LogP) is 3.82. The SMILES string of the molecule is COc1nc2ccc(C(=O)NC[C@](O)(c3cc4c(c(-c5ccc(F)cc5)n3)OC[C@]4(C)C(N)=O)C(F)(F)F)cc2s1. The number of halogens is 4. The van der Waals surface area contributed by atoms with Crippen LogP contribution in [0.4, 0.5) is 17.6 Å². The molecule has 9 nitrogen and oxygen atoms in total. The summed E-state index contributed by atoms with van der Waals surface area (Å²) in [5, 5.41) is 13.6. The number of nitrogens with zero attached hydrogens (tertiary/aromatic N) is 2. The Morgan fingerprint density at radius 2 is 1.88 bits per heavy atom. The number of hydrogen-bond donors (Lipinski definition) is 3. The van der Waals surface area contributed by atoms with Gasteiger partial charge in [0.05, 0.1) is 29.6 Å². The number of pyridine rings is 1. The number of nitrogens with two attached hydrogens (primary N) is 1. The van der Waals surface area contributed by atoms with Crippen LogP contribution in [0.5, 0.6) is 10.9 Å². The van der Waals surface area contributed by atoms with E-state index in [0.29, 0.717) is 15.4 Å². The number of alkyl halides is 3. The number of hydrogen-bond acceptors (Lipinski definition) is 8. The van der Waals surface area contributed by atoms with E-state index in [1.165, 1.54) is 44.4 Å². The van der Waals surface area contributed by atoms with Crippen LogP contribution < -0.4 is 20.5 Å². The summed E-state index contributed by atoms with van der Waals surface area (Å²) in [6.07, 6.45) is -5.33. The van der Waals surface area contributed by atoms with Crippen molar-refractivity contribution in [1.82, 2.24) is 15.3 Å². The Balaban J connectivity index is 1.57. The number of primary amides is 1. The van der Waals surface area contributed by atoms with E-state index in [0.717, 1.165) is 29.5 Å². The van der Waals surface area contributed by atoms with E-state index < -0.39 is 47.1 Å². The number of rotatable bonds is 7. The summed E-state index contributed by atoms with van der Waals surface area (Å²) in [6, 6.07) is 9.91. The molecule has 0 unspecified atom stereocenters. The Hall–Kier alpha value is -4.30. The fraction of sp³-hybridized carbons (Fsp3) is 0.259. The van der Waals surface area contributed by atoms with E-state index in [2.05, 4.69) is 15.3 Å². The molecule has 214 valence electrons. The van der Waals surface area contributed by atoms with Gasteiger partial charge in [0.15, 0.2) is 0 Å². The van der Waals surface area contributed by atoms with Crippen LogP contribution >= 0.6 is 11.3 Å². The number of ether oxygens (including phenoxy) is 2. The molecule has 2 amide bonds. The van der Waals surface area contributed by atoms with Gasteiger partial charge in [-0.1, -0.05) is 11.3 Å². The number of benzene rings is 2. The monoisotopic (exact) mass is 590 g/mol. The highest BCUT2D eigenvalue weighted by molar-refractivity contribution is 7.20. The second-order valence-corrected chi connectivity index (χ2v) is 10.6. The van der Waals surface area contributed by atoms with Crippen LogP contribution in [0, 0.1) is 5.82 Å². The molecule has 1 aliphatic rings. The summed E-state index contributed by atoms with van der Waals surface area (Å²) in [4.78, 5) is 33.5. The first kappa shape index (κ1) is 28.2. The normalized spacial score (nSPS) is 17.9. The quantitative estimate of drug-likeness (QED) is 0.279. The third-order valence-corrected chi connectivity index (χ3v) is 7.92. The number of amides is 2. The van der Waals surface area contributed by atoms with Crippen LogP contribution in [0.2, 0.25) is 0 Å². The molecule has 5 rings (SSSR count). The van der Waals surface area contributed by atoms with Gasteiger partial charge in [-0.15, -0.1) is 0 Å². The lowest BCUT2D eigenvalue weighted by Crippen LogP contribution is -2.51. The lowest BCUT2D eigenvalue weighted by molar-refractivity contribution is -0.265. The van der Waals surface area contributed by atoms with Crippen molar-refractivity contribution in [2.75, 3.05) is 20.3 Å². The fourth-order valence-corrected chi connectivity index (χ4v) is 5.20. The molecule has 4 N–H and O–H groups in total. The molecule has 2 aromatic heterocycles. The molecule has 0 bridgehead atoms. The smallest absolute Gasteiger partial charge is 0.424 e. The van der Waals surface area contributed by atoms with E-state index >= 15 is 0 Å². The molecule has 0 spiro atoms. The number of methoxy groups -OCH3 is 1. The second kappa shape index (κ2) is 9.96. The van der Waals surface area contributed by atoms with Crippen LogP contribution in [0.1, 0.15) is 28.5 Å². The first-order valence-corrected chi connectivity index (χ1v) is 12.8. The molecule has 2 aromatic carbocycles. The molecule has 41 heavy (non-hydrogen) atoms. The molecular formula is C27H22F4N4O5S. The van der Waals surface area contributed by atoms with Gasteiger partial charge in [-0.2, -0.15) is 13.2 Å². The Labute approximate surface area is 233 Å². The minimum absolute atomic E-state index is 0.0245. The number of fused-ring (bicyclic) bond motifs is 2. The van der Waals surface area contributed by atoms with Gasteiger partial charge < -0.3 is 25.6 Å². The number of thiazole rings is 1. The van der Waals surface area contributed by atoms with Gasteiger partial charge in [-0.25, -0.2) is 14.4 Å². The van der Waals surface area contributed by atoms with Gasteiger partial charge >= 0.3 is 6.18 Å². The van der Waals surface area contributed by atoms with Gasteiger partial charge in [0.1, 0.15) is 29.3 Å². The van der Waals surface area contributed by atoms with E-state index in [9.17, 15) is 32.3 Å². The minimum Gasteiger partial charge on any atom is -0.489 e.